The minimum atomic E-state index is -3.82. The highest BCUT2D eigenvalue weighted by atomic mass is 32.2. The van der Waals surface area contributed by atoms with Crippen LogP contribution in [0, 0.1) is 13.8 Å². The number of carbonyl (C=O) groups is 1. The van der Waals surface area contributed by atoms with E-state index in [0.29, 0.717) is 0 Å². The van der Waals surface area contributed by atoms with Gasteiger partial charge in [0.2, 0.25) is 10.0 Å². The number of sulfonamides is 1. The van der Waals surface area contributed by atoms with Crippen LogP contribution in [0.1, 0.15) is 18.3 Å². The molecule has 108 valence electrons. The Morgan fingerprint density at radius 3 is 2.53 bits per heavy atom. The van der Waals surface area contributed by atoms with Crippen molar-refractivity contribution >= 4 is 16.0 Å². The van der Waals surface area contributed by atoms with Gasteiger partial charge in [-0.05, 0) is 20.8 Å². The van der Waals surface area contributed by atoms with E-state index >= 15 is 0 Å². The first kappa shape index (κ1) is 15.6. The third-order valence-electron chi connectivity index (χ3n) is 2.44. The van der Waals surface area contributed by atoms with Crippen LogP contribution in [0.2, 0.25) is 0 Å². The molecule has 0 radical (unpaired) electrons. The number of nitrogens with zero attached hydrogens (tertiary/aromatic N) is 2. The van der Waals surface area contributed by atoms with Gasteiger partial charge in [-0.1, -0.05) is 0 Å². The SMILES string of the molecule is Cc1nn(CC(=O)O)c(C)c1S(=O)(=O)NCC(C)O. The van der Waals surface area contributed by atoms with Gasteiger partial charge in [0.1, 0.15) is 11.4 Å². The molecule has 1 aromatic rings. The van der Waals surface area contributed by atoms with Crippen LogP contribution in [-0.2, 0) is 21.4 Å². The summed E-state index contributed by atoms with van der Waals surface area (Å²) in [5, 5.41) is 21.7. The lowest BCUT2D eigenvalue weighted by molar-refractivity contribution is -0.137. The number of aliphatic carboxylic acids is 1. The number of carboxylic acids is 1. The molecule has 0 amide bonds. The lowest BCUT2D eigenvalue weighted by Gasteiger charge is -2.08. The monoisotopic (exact) mass is 291 g/mol. The van der Waals surface area contributed by atoms with Gasteiger partial charge in [-0.2, -0.15) is 5.10 Å². The second-order valence-electron chi connectivity index (χ2n) is 4.25. The number of hydrogen-bond acceptors (Lipinski definition) is 5. The summed E-state index contributed by atoms with van der Waals surface area (Å²) in [5.41, 5.74) is 0.467. The standard InChI is InChI=1S/C10H17N3O5S/c1-6(14)4-11-19(17,18)10-7(2)12-13(8(10)3)5-9(15)16/h6,11,14H,4-5H2,1-3H3,(H,15,16). The Labute approximate surface area is 111 Å². The number of aromatic nitrogens is 2. The summed E-state index contributed by atoms with van der Waals surface area (Å²) < 4.78 is 27.5. The molecule has 1 unspecified atom stereocenters. The summed E-state index contributed by atoms with van der Waals surface area (Å²) in [6.07, 6.45) is -0.815. The smallest absolute Gasteiger partial charge is 0.325 e. The molecule has 1 heterocycles. The maximum Gasteiger partial charge on any atom is 0.325 e. The van der Waals surface area contributed by atoms with Crippen LogP contribution in [-0.4, -0.2) is 47.0 Å². The average molecular weight is 291 g/mol. The Balaban J connectivity index is 3.13. The number of aliphatic hydroxyl groups excluding tert-OH is 1. The van der Waals surface area contributed by atoms with Crippen LogP contribution in [0.15, 0.2) is 4.90 Å². The summed E-state index contributed by atoms with van der Waals surface area (Å²) in [5.74, 6) is -1.11. The van der Waals surface area contributed by atoms with E-state index in [0.717, 1.165) is 4.68 Å². The Hall–Kier alpha value is -1.45. The van der Waals surface area contributed by atoms with Gasteiger partial charge < -0.3 is 10.2 Å². The molecule has 3 N–H and O–H groups in total. The first-order chi connectivity index (χ1) is 8.65. The van der Waals surface area contributed by atoms with E-state index in [4.69, 9.17) is 10.2 Å². The van der Waals surface area contributed by atoms with Crippen molar-refractivity contribution in [3.8, 4) is 0 Å². The number of aliphatic hydroxyl groups is 1. The maximum absolute atomic E-state index is 12.1. The fourth-order valence-corrected chi connectivity index (χ4v) is 3.18. The van der Waals surface area contributed by atoms with Crippen LogP contribution in [0.3, 0.4) is 0 Å². The molecule has 0 aromatic carbocycles. The molecule has 1 aromatic heterocycles. The summed E-state index contributed by atoms with van der Waals surface area (Å²) in [7, 11) is -3.82. The molecule has 0 aliphatic heterocycles. The van der Waals surface area contributed by atoms with Gasteiger partial charge in [0.15, 0.2) is 0 Å². The topological polar surface area (TPSA) is 122 Å². The third-order valence-corrected chi connectivity index (χ3v) is 4.11. The summed E-state index contributed by atoms with van der Waals surface area (Å²) in [4.78, 5) is 10.6. The van der Waals surface area contributed by atoms with E-state index in [1.807, 2.05) is 0 Å². The second kappa shape index (κ2) is 5.68. The Morgan fingerprint density at radius 2 is 2.05 bits per heavy atom. The van der Waals surface area contributed by atoms with Gasteiger partial charge in [0, 0.05) is 6.54 Å². The van der Waals surface area contributed by atoms with E-state index < -0.39 is 28.6 Å². The number of aryl methyl sites for hydroxylation is 1. The van der Waals surface area contributed by atoms with Gasteiger partial charge in [0.25, 0.3) is 0 Å². The Bertz CT molecular complexity index is 576. The van der Waals surface area contributed by atoms with Crippen LogP contribution < -0.4 is 4.72 Å². The van der Waals surface area contributed by atoms with Crippen LogP contribution in [0.4, 0.5) is 0 Å². The Kier molecular flexibility index (Phi) is 4.66. The fraction of sp³-hybridized carbons (Fsp3) is 0.600. The molecular weight excluding hydrogens is 274 g/mol. The molecule has 19 heavy (non-hydrogen) atoms. The maximum atomic E-state index is 12.1. The zero-order valence-corrected chi connectivity index (χ0v) is 11.7. The van der Waals surface area contributed by atoms with Gasteiger partial charge in [0.05, 0.1) is 17.5 Å². The van der Waals surface area contributed by atoms with Crippen LogP contribution in [0.25, 0.3) is 0 Å². The highest BCUT2D eigenvalue weighted by Gasteiger charge is 2.25. The highest BCUT2D eigenvalue weighted by Crippen LogP contribution is 2.19. The first-order valence-electron chi connectivity index (χ1n) is 5.58. The molecule has 0 bridgehead atoms. The first-order valence-corrected chi connectivity index (χ1v) is 7.07. The lowest BCUT2D eigenvalue weighted by atomic mass is 10.4. The van der Waals surface area contributed by atoms with Gasteiger partial charge in [-0.15, -0.1) is 0 Å². The van der Waals surface area contributed by atoms with Crippen LogP contribution >= 0.6 is 0 Å². The lowest BCUT2D eigenvalue weighted by Crippen LogP contribution is -2.31. The van der Waals surface area contributed by atoms with E-state index in [-0.39, 0.29) is 22.8 Å². The normalized spacial score (nSPS) is 13.5. The van der Waals surface area contributed by atoms with Crippen molar-refractivity contribution in [1.29, 1.82) is 0 Å². The zero-order chi connectivity index (χ0) is 14.8. The molecule has 1 atom stereocenters. The van der Waals surface area contributed by atoms with Crippen LogP contribution in [0.5, 0.6) is 0 Å². The van der Waals surface area contributed by atoms with Gasteiger partial charge in [-0.25, -0.2) is 13.1 Å². The molecule has 9 heteroatoms. The highest BCUT2D eigenvalue weighted by molar-refractivity contribution is 7.89. The molecule has 0 spiro atoms. The fourth-order valence-electron chi connectivity index (χ4n) is 1.65. The molecule has 1 rings (SSSR count). The zero-order valence-electron chi connectivity index (χ0n) is 10.9. The van der Waals surface area contributed by atoms with E-state index in [9.17, 15) is 13.2 Å². The number of rotatable bonds is 6. The van der Waals surface area contributed by atoms with Crippen molar-refractivity contribution in [3.05, 3.63) is 11.4 Å². The molecule has 0 fully saturated rings. The van der Waals surface area contributed by atoms with E-state index in [1.54, 1.807) is 0 Å². The third kappa shape index (κ3) is 3.75. The summed E-state index contributed by atoms with van der Waals surface area (Å²) >= 11 is 0. The minimum absolute atomic E-state index is 0.0469. The average Bonchev–Trinajstić information content (AvgIpc) is 2.51. The predicted molar refractivity (Wildman–Crippen MR) is 66.2 cm³/mol. The largest absolute Gasteiger partial charge is 0.480 e. The van der Waals surface area contributed by atoms with Crippen molar-refractivity contribution in [2.24, 2.45) is 0 Å². The van der Waals surface area contributed by atoms with Gasteiger partial charge >= 0.3 is 5.97 Å². The number of nitrogens with one attached hydrogen (secondary N) is 1. The minimum Gasteiger partial charge on any atom is -0.480 e. The Morgan fingerprint density at radius 1 is 1.47 bits per heavy atom. The number of hydrogen-bond donors (Lipinski definition) is 3. The second-order valence-corrected chi connectivity index (χ2v) is 5.96. The van der Waals surface area contributed by atoms with Gasteiger partial charge in [-0.3, -0.25) is 9.48 Å². The summed E-state index contributed by atoms with van der Waals surface area (Å²) in [6.45, 7) is 3.90. The van der Waals surface area contributed by atoms with Crippen molar-refractivity contribution in [3.63, 3.8) is 0 Å². The number of carboxylic acid groups (broad SMARTS) is 1. The van der Waals surface area contributed by atoms with E-state index in [1.165, 1.54) is 20.8 Å². The van der Waals surface area contributed by atoms with Crippen molar-refractivity contribution < 1.29 is 23.4 Å². The predicted octanol–water partition coefficient (Wildman–Crippen LogP) is -0.756. The molecule has 0 aliphatic carbocycles. The molecule has 0 saturated carbocycles. The quantitative estimate of drug-likeness (QED) is 0.633. The molecule has 0 saturated heterocycles. The molecule has 8 nitrogen and oxygen atoms in total. The van der Waals surface area contributed by atoms with Crippen molar-refractivity contribution in [2.45, 2.75) is 38.3 Å². The van der Waals surface area contributed by atoms with Crippen molar-refractivity contribution in [2.75, 3.05) is 6.54 Å². The molecular formula is C10H17N3O5S. The molecule has 0 aliphatic rings. The van der Waals surface area contributed by atoms with E-state index in [2.05, 4.69) is 9.82 Å². The van der Waals surface area contributed by atoms with Crippen molar-refractivity contribution in [1.82, 2.24) is 14.5 Å². The summed E-state index contributed by atoms with van der Waals surface area (Å²) in [6, 6.07) is 0.